The van der Waals surface area contributed by atoms with Gasteiger partial charge < -0.3 is 4.74 Å². The SMILES string of the molecule is CCOC(C(=O)c1cc(C)ccc1C)C1CCCCC1. The highest BCUT2D eigenvalue weighted by Gasteiger charge is 2.31. The molecule has 0 radical (unpaired) electrons. The summed E-state index contributed by atoms with van der Waals surface area (Å²) in [6.45, 7) is 6.63. The first kappa shape index (κ1) is 15.2. The van der Waals surface area contributed by atoms with Crippen LogP contribution in [0.5, 0.6) is 0 Å². The van der Waals surface area contributed by atoms with E-state index in [2.05, 4.69) is 6.07 Å². The molecule has 1 atom stereocenters. The molecule has 1 aromatic rings. The number of rotatable bonds is 5. The number of carbonyl (C=O) groups is 1. The molecular formula is C18H26O2. The van der Waals surface area contributed by atoms with Crippen LogP contribution in [0.3, 0.4) is 0 Å². The van der Waals surface area contributed by atoms with Gasteiger partial charge >= 0.3 is 0 Å². The molecule has 1 aromatic carbocycles. The van der Waals surface area contributed by atoms with Gasteiger partial charge in [0, 0.05) is 12.2 Å². The summed E-state index contributed by atoms with van der Waals surface area (Å²) in [6, 6.07) is 6.10. The van der Waals surface area contributed by atoms with Crippen LogP contribution in [0.25, 0.3) is 0 Å². The smallest absolute Gasteiger partial charge is 0.192 e. The summed E-state index contributed by atoms with van der Waals surface area (Å²) in [5, 5.41) is 0. The summed E-state index contributed by atoms with van der Waals surface area (Å²) in [5.41, 5.74) is 3.04. The Labute approximate surface area is 122 Å². The van der Waals surface area contributed by atoms with Crippen LogP contribution < -0.4 is 0 Å². The van der Waals surface area contributed by atoms with Crippen molar-refractivity contribution in [1.82, 2.24) is 0 Å². The van der Waals surface area contributed by atoms with Crippen molar-refractivity contribution in [2.75, 3.05) is 6.61 Å². The molecule has 1 aliphatic carbocycles. The lowest BCUT2D eigenvalue weighted by Gasteiger charge is -2.29. The second-order valence-electron chi connectivity index (χ2n) is 5.96. The average Bonchev–Trinajstić information content (AvgIpc) is 2.47. The summed E-state index contributed by atoms with van der Waals surface area (Å²) in [5.74, 6) is 0.580. The minimum absolute atomic E-state index is 0.181. The molecule has 0 N–H and O–H groups in total. The Bertz CT molecular complexity index is 458. The highest BCUT2D eigenvalue weighted by Crippen LogP contribution is 2.30. The van der Waals surface area contributed by atoms with Crippen LogP contribution in [-0.2, 0) is 4.74 Å². The number of aryl methyl sites for hydroxylation is 2. The highest BCUT2D eigenvalue weighted by molar-refractivity contribution is 6.01. The van der Waals surface area contributed by atoms with E-state index in [-0.39, 0.29) is 11.9 Å². The molecule has 2 heteroatoms. The van der Waals surface area contributed by atoms with Crippen molar-refractivity contribution in [2.24, 2.45) is 5.92 Å². The van der Waals surface area contributed by atoms with Gasteiger partial charge in [-0.1, -0.05) is 37.0 Å². The summed E-state index contributed by atoms with van der Waals surface area (Å²) in [6.07, 6.45) is 5.76. The minimum atomic E-state index is -0.249. The Hall–Kier alpha value is -1.15. The van der Waals surface area contributed by atoms with E-state index < -0.39 is 0 Å². The molecule has 0 bridgehead atoms. The molecule has 0 aromatic heterocycles. The molecule has 0 amide bonds. The van der Waals surface area contributed by atoms with Gasteiger partial charge in [0.1, 0.15) is 6.10 Å². The van der Waals surface area contributed by atoms with Crippen molar-refractivity contribution >= 4 is 5.78 Å². The summed E-state index contributed by atoms with van der Waals surface area (Å²) in [7, 11) is 0. The first-order valence-electron chi connectivity index (χ1n) is 7.86. The monoisotopic (exact) mass is 274 g/mol. The van der Waals surface area contributed by atoms with E-state index in [1.165, 1.54) is 19.3 Å². The lowest BCUT2D eigenvalue weighted by Crippen LogP contribution is -2.34. The zero-order valence-corrected chi connectivity index (χ0v) is 12.9. The molecule has 2 nitrogen and oxygen atoms in total. The van der Waals surface area contributed by atoms with Crippen molar-refractivity contribution in [3.05, 3.63) is 34.9 Å². The number of Topliss-reactive ketones (excluding diaryl/α,β-unsaturated/α-hetero) is 1. The van der Waals surface area contributed by atoms with Gasteiger partial charge in [0.05, 0.1) is 0 Å². The van der Waals surface area contributed by atoms with Crippen LogP contribution in [-0.4, -0.2) is 18.5 Å². The molecular weight excluding hydrogens is 248 g/mol. The predicted octanol–water partition coefficient (Wildman–Crippen LogP) is 4.47. The van der Waals surface area contributed by atoms with Crippen LogP contribution in [0.15, 0.2) is 18.2 Å². The number of hydrogen-bond acceptors (Lipinski definition) is 2. The summed E-state index contributed by atoms with van der Waals surface area (Å²) < 4.78 is 5.84. The van der Waals surface area contributed by atoms with Gasteiger partial charge in [0.15, 0.2) is 5.78 Å². The zero-order valence-electron chi connectivity index (χ0n) is 12.9. The fourth-order valence-corrected chi connectivity index (χ4v) is 3.20. The molecule has 110 valence electrons. The maximum atomic E-state index is 12.9. The summed E-state index contributed by atoms with van der Waals surface area (Å²) in [4.78, 5) is 12.9. The van der Waals surface area contributed by atoms with Crippen LogP contribution in [0.4, 0.5) is 0 Å². The molecule has 0 spiro atoms. The van der Waals surface area contributed by atoms with Crippen molar-refractivity contribution in [3.8, 4) is 0 Å². The largest absolute Gasteiger partial charge is 0.370 e. The minimum Gasteiger partial charge on any atom is -0.370 e. The second kappa shape index (κ2) is 7.03. The zero-order chi connectivity index (χ0) is 14.5. The van der Waals surface area contributed by atoms with Crippen molar-refractivity contribution in [3.63, 3.8) is 0 Å². The third-order valence-corrected chi connectivity index (χ3v) is 4.34. The van der Waals surface area contributed by atoms with Crippen LogP contribution in [0, 0.1) is 19.8 Å². The first-order chi connectivity index (χ1) is 9.63. The number of benzene rings is 1. The van der Waals surface area contributed by atoms with Gasteiger partial charge in [-0.2, -0.15) is 0 Å². The fourth-order valence-electron chi connectivity index (χ4n) is 3.20. The Morgan fingerprint density at radius 3 is 2.60 bits per heavy atom. The number of ether oxygens (including phenoxy) is 1. The van der Waals surface area contributed by atoms with Crippen LogP contribution in [0.2, 0.25) is 0 Å². The molecule has 20 heavy (non-hydrogen) atoms. The van der Waals surface area contributed by atoms with E-state index in [0.717, 1.165) is 29.5 Å². The van der Waals surface area contributed by atoms with E-state index in [4.69, 9.17) is 4.74 Å². The Balaban J connectivity index is 2.23. The van der Waals surface area contributed by atoms with Gasteiger partial charge in [0.2, 0.25) is 0 Å². The van der Waals surface area contributed by atoms with E-state index in [1.54, 1.807) is 0 Å². The van der Waals surface area contributed by atoms with Gasteiger partial charge in [-0.15, -0.1) is 0 Å². The standard InChI is InChI=1S/C18H26O2/c1-4-20-18(15-8-6-5-7-9-15)17(19)16-12-13(2)10-11-14(16)3/h10-12,15,18H,4-9H2,1-3H3. The number of carbonyl (C=O) groups excluding carboxylic acids is 1. The Morgan fingerprint density at radius 1 is 1.25 bits per heavy atom. The second-order valence-corrected chi connectivity index (χ2v) is 5.96. The maximum absolute atomic E-state index is 12.9. The predicted molar refractivity (Wildman–Crippen MR) is 82.2 cm³/mol. The van der Waals surface area contributed by atoms with E-state index in [9.17, 15) is 4.79 Å². The van der Waals surface area contributed by atoms with Gasteiger partial charge in [-0.05, 0) is 51.2 Å². The Morgan fingerprint density at radius 2 is 1.95 bits per heavy atom. The fraction of sp³-hybridized carbons (Fsp3) is 0.611. The molecule has 0 aliphatic heterocycles. The van der Waals surface area contributed by atoms with Crippen molar-refractivity contribution in [2.45, 2.75) is 59.0 Å². The molecule has 0 heterocycles. The quantitative estimate of drug-likeness (QED) is 0.740. The topological polar surface area (TPSA) is 26.3 Å². The molecule has 1 fully saturated rings. The van der Waals surface area contributed by atoms with Crippen molar-refractivity contribution < 1.29 is 9.53 Å². The third-order valence-electron chi connectivity index (χ3n) is 4.34. The van der Waals surface area contributed by atoms with Crippen molar-refractivity contribution in [1.29, 1.82) is 0 Å². The number of hydrogen-bond donors (Lipinski definition) is 0. The molecule has 1 saturated carbocycles. The van der Waals surface area contributed by atoms with Crippen LogP contribution in [0.1, 0.15) is 60.5 Å². The van der Waals surface area contributed by atoms with E-state index >= 15 is 0 Å². The van der Waals surface area contributed by atoms with E-state index in [0.29, 0.717) is 12.5 Å². The van der Waals surface area contributed by atoms with Crippen LogP contribution >= 0.6 is 0 Å². The Kier molecular flexibility index (Phi) is 5.36. The lowest BCUT2D eigenvalue weighted by atomic mass is 9.82. The van der Waals surface area contributed by atoms with Gasteiger partial charge in [0.25, 0.3) is 0 Å². The summed E-state index contributed by atoms with van der Waals surface area (Å²) >= 11 is 0. The average molecular weight is 274 g/mol. The van der Waals surface area contributed by atoms with Gasteiger partial charge in [-0.25, -0.2) is 0 Å². The maximum Gasteiger partial charge on any atom is 0.192 e. The molecule has 2 rings (SSSR count). The first-order valence-corrected chi connectivity index (χ1v) is 7.86. The molecule has 1 aliphatic rings. The lowest BCUT2D eigenvalue weighted by molar-refractivity contribution is 0.0126. The normalized spacial score (nSPS) is 17.9. The molecule has 1 unspecified atom stereocenters. The number of ketones is 1. The molecule has 0 saturated heterocycles. The van der Waals surface area contributed by atoms with Gasteiger partial charge in [-0.3, -0.25) is 4.79 Å². The highest BCUT2D eigenvalue weighted by atomic mass is 16.5. The third kappa shape index (κ3) is 3.49. The van der Waals surface area contributed by atoms with E-state index in [1.807, 2.05) is 32.9 Å².